The minimum absolute atomic E-state index is 0.525. The number of hydrogen-bond donors (Lipinski definition) is 4. The van der Waals surface area contributed by atoms with Crippen molar-refractivity contribution in [3.8, 4) is 0 Å². The highest BCUT2D eigenvalue weighted by atomic mass is 16.5. The predicted octanol–water partition coefficient (Wildman–Crippen LogP) is 1.83. The van der Waals surface area contributed by atoms with E-state index < -0.39 is 14.2 Å². The lowest BCUT2D eigenvalue weighted by molar-refractivity contribution is 0.341. The Bertz CT molecular complexity index is 482. The highest BCUT2D eigenvalue weighted by molar-refractivity contribution is 6.59. The molecule has 4 N–H and O–H groups in total. The van der Waals surface area contributed by atoms with Crippen LogP contribution in [0.5, 0.6) is 0 Å². The maximum Gasteiger partial charge on any atom is 0.490 e. The molecule has 5 nitrogen and oxygen atoms in total. The molecule has 0 radical (unpaired) electrons. The van der Waals surface area contributed by atoms with Gasteiger partial charge in [0.05, 0.1) is 0 Å². The lowest BCUT2D eigenvalue weighted by atomic mass is 9.80. The van der Waals surface area contributed by atoms with Crippen molar-refractivity contribution < 1.29 is 24.8 Å². The second-order valence-corrected chi connectivity index (χ2v) is 5.20. The molecular formula is C20H36B2O5. The Morgan fingerprint density at radius 3 is 1.19 bits per heavy atom. The van der Waals surface area contributed by atoms with Gasteiger partial charge in [-0.05, 0) is 10.9 Å². The molecule has 0 spiro atoms. The van der Waals surface area contributed by atoms with Crippen molar-refractivity contribution >= 4 is 25.2 Å². The van der Waals surface area contributed by atoms with Crippen molar-refractivity contribution in [1.82, 2.24) is 0 Å². The summed E-state index contributed by atoms with van der Waals surface area (Å²) in [4.78, 5) is 0. The molecule has 152 valence electrons. The zero-order valence-corrected chi connectivity index (χ0v) is 17.5. The van der Waals surface area contributed by atoms with Crippen molar-refractivity contribution in [2.45, 2.75) is 40.5 Å². The van der Waals surface area contributed by atoms with Gasteiger partial charge < -0.3 is 24.8 Å². The molecule has 0 bridgehead atoms. The minimum Gasteiger partial charge on any atom is -0.423 e. The maximum atomic E-state index is 9.11. The summed E-state index contributed by atoms with van der Waals surface area (Å²) in [5.74, 6) is 0. The monoisotopic (exact) mass is 378 g/mol. The van der Waals surface area contributed by atoms with Gasteiger partial charge in [-0.1, -0.05) is 101 Å². The highest BCUT2D eigenvalue weighted by Gasteiger charge is 2.11. The van der Waals surface area contributed by atoms with E-state index in [-0.39, 0.29) is 0 Å². The van der Waals surface area contributed by atoms with Gasteiger partial charge in [0.2, 0.25) is 0 Å². The van der Waals surface area contributed by atoms with E-state index in [1.165, 1.54) is 20.0 Å². The molecule has 0 aliphatic heterocycles. The van der Waals surface area contributed by atoms with E-state index in [2.05, 4.69) is 27.7 Å². The Morgan fingerprint density at radius 2 is 0.963 bits per heavy atom. The highest BCUT2D eigenvalue weighted by Crippen LogP contribution is 1.85. The predicted molar refractivity (Wildman–Crippen MR) is 117 cm³/mol. The van der Waals surface area contributed by atoms with Crippen molar-refractivity contribution in [2.75, 3.05) is 14.2 Å². The zero-order chi connectivity index (χ0) is 21.5. The molecule has 0 fully saturated rings. The molecule has 0 aliphatic rings. The summed E-state index contributed by atoms with van der Waals surface area (Å²) in [5.41, 5.74) is 1.31. The molecule has 2 aromatic carbocycles. The molecule has 0 saturated heterocycles. The lowest BCUT2D eigenvalue weighted by Crippen LogP contribution is -2.31. The van der Waals surface area contributed by atoms with E-state index >= 15 is 0 Å². The van der Waals surface area contributed by atoms with Crippen LogP contribution < -0.4 is 10.9 Å². The van der Waals surface area contributed by atoms with Gasteiger partial charge in [-0.15, -0.1) is 0 Å². The second kappa shape index (κ2) is 24.4. The van der Waals surface area contributed by atoms with Gasteiger partial charge in [-0.2, -0.15) is 0 Å². The zero-order valence-electron chi connectivity index (χ0n) is 17.5. The Kier molecular flexibility index (Phi) is 27.2. The Balaban J connectivity index is -0.000000311. The molecule has 2 aromatic rings. The SMILES string of the molecule is CCC.CCC.CO.COB(O)c1ccccc1.OB(O)c1ccccc1. The van der Waals surface area contributed by atoms with E-state index in [1.54, 1.807) is 24.3 Å². The molecule has 0 atom stereocenters. The molecular weight excluding hydrogens is 342 g/mol. The standard InChI is InChI=1S/C7H9BO2.C6H7BO2.2C3H8.CH4O/c1-10-8(9)7-5-3-2-4-6-7;8-7(9)6-4-2-1-3-5-6;2*1-3-2;1-2/h2-6,9H,1H3;1-5,8-9H;2*3H2,1-2H3;2H,1H3. The average molecular weight is 378 g/mol. The van der Waals surface area contributed by atoms with Gasteiger partial charge >= 0.3 is 14.2 Å². The van der Waals surface area contributed by atoms with Crippen molar-refractivity contribution in [3.05, 3.63) is 60.7 Å². The summed E-state index contributed by atoms with van der Waals surface area (Å²) in [5, 5.41) is 33.3. The first kappa shape index (κ1) is 30.1. The van der Waals surface area contributed by atoms with Crippen LogP contribution in [0.3, 0.4) is 0 Å². The number of hydrogen-bond acceptors (Lipinski definition) is 5. The number of rotatable bonds is 3. The smallest absolute Gasteiger partial charge is 0.423 e. The first-order valence-electron chi connectivity index (χ1n) is 9.09. The number of aliphatic hydroxyl groups is 1. The topological polar surface area (TPSA) is 90.2 Å². The quantitative estimate of drug-likeness (QED) is 0.612. The molecule has 0 amide bonds. The lowest BCUT2D eigenvalue weighted by Gasteiger charge is -2.00. The molecule has 7 heteroatoms. The second-order valence-electron chi connectivity index (χ2n) is 5.20. The third-order valence-electron chi connectivity index (χ3n) is 2.41. The largest absolute Gasteiger partial charge is 0.490 e. The van der Waals surface area contributed by atoms with Crippen LogP contribution in [-0.2, 0) is 4.65 Å². The van der Waals surface area contributed by atoms with Crippen LogP contribution in [-0.4, -0.2) is 48.6 Å². The molecule has 0 aromatic heterocycles. The van der Waals surface area contributed by atoms with Gasteiger partial charge in [-0.3, -0.25) is 0 Å². The van der Waals surface area contributed by atoms with Crippen LogP contribution >= 0.6 is 0 Å². The first-order chi connectivity index (χ1) is 13.0. The molecule has 0 saturated carbocycles. The van der Waals surface area contributed by atoms with E-state index in [1.807, 2.05) is 36.4 Å². The summed E-state index contributed by atoms with van der Waals surface area (Å²) < 4.78 is 4.69. The van der Waals surface area contributed by atoms with Crippen LogP contribution in [0.2, 0.25) is 0 Å². The molecule has 27 heavy (non-hydrogen) atoms. The maximum absolute atomic E-state index is 9.11. The van der Waals surface area contributed by atoms with E-state index in [4.69, 9.17) is 24.8 Å². The van der Waals surface area contributed by atoms with Crippen LogP contribution in [0.25, 0.3) is 0 Å². The Labute approximate surface area is 166 Å². The normalized spacial score (nSPS) is 8.07. The van der Waals surface area contributed by atoms with Gasteiger partial charge in [0.1, 0.15) is 0 Å². The fourth-order valence-electron chi connectivity index (χ4n) is 1.38. The molecule has 0 heterocycles. The third kappa shape index (κ3) is 20.5. The molecule has 0 unspecified atom stereocenters. The van der Waals surface area contributed by atoms with Crippen molar-refractivity contribution in [3.63, 3.8) is 0 Å². The third-order valence-corrected chi connectivity index (χ3v) is 2.41. The van der Waals surface area contributed by atoms with Gasteiger partial charge in [-0.25, -0.2) is 0 Å². The number of benzene rings is 2. The van der Waals surface area contributed by atoms with Crippen LogP contribution in [0.4, 0.5) is 0 Å². The van der Waals surface area contributed by atoms with Crippen molar-refractivity contribution in [2.24, 2.45) is 0 Å². The minimum atomic E-state index is -1.34. The fraction of sp³-hybridized carbons (Fsp3) is 0.400. The van der Waals surface area contributed by atoms with E-state index in [0.717, 1.165) is 12.6 Å². The average Bonchev–Trinajstić information content (AvgIpc) is 2.72. The first-order valence-corrected chi connectivity index (χ1v) is 9.09. The summed E-state index contributed by atoms with van der Waals surface area (Å²) in [7, 11) is 0.338. The summed E-state index contributed by atoms with van der Waals surface area (Å²) in [6.07, 6.45) is 2.50. The Morgan fingerprint density at radius 1 is 0.667 bits per heavy atom. The summed E-state index contributed by atoms with van der Waals surface area (Å²) >= 11 is 0. The Hall–Kier alpha value is -1.63. The van der Waals surface area contributed by atoms with E-state index in [0.29, 0.717) is 5.46 Å². The summed E-state index contributed by atoms with van der Waals surface area (Å²) in [6, 6.07) is 17.9. The van der Waals surface area contributed by atoms with Gasteiger partial charge in [0.25, 0.3) is 0 Å². The van der Waals surface area contributed by atoms with Crippen LogP contribution in [0.15, 0.2) is 60.7 Å². The summed E-state index contributed by atoms with van der Waals surface area (Å²) in [6.45, 7) is 8.50. The van der Waals surface area contributed by atoms with E-state index in [9.17, 15) is 0 Å². The van der Waals surface area contributed by atoms with Crippen LogP contribution in [0.1, 0.15) is 40.5 Å². The molecule has 2 rings (SSSR count). The van der Waals surface area contributed by atoms with Crippen LogP contribution in [0, 0.1) is 0 Å². The van der Waals surface area contributed by atoms with Gasteiger partial charge in [0.15, 0.2) is 0 Å². The molecule has 0 aliphatic carbocycles. The van der Waals surface area contributed by atoms with Crippen molar-refractivity contribution in [1.29, 1.82) is 0 Å². The number of aliphatic hydroxyl groups excluding tert-OH is 1. The fourth-order valence-corrected chi connectivity index (χ4v) is 1.38. The van der Waals surface area contributed by atoms with Gasteiger partial charge in [0, 0.05) is 14.2 Å².